The van der Waals surface area contributed by atoms with Gasteiger partial charge in [0.1, 0.15) is 11.1 Å². The van der Waals surface area contributed by atoms with E-state index in [0.717, 1.165) is 23.0 Å². The van der Waals surface area contributed by atoms with Gasteiger partial charge in [0.25, 0.3) is 5.56 Å². The van der Waals surface area contributed by atoms with Crippen molar-refractivity contribution in [3.63, 3.8) is 0 Å². The summed E-state index contributed by atoms with van der Waals surface area (Å²) in [6.45, 7) is 0.460. The first kappa shape index (κ1) is 24.1. The van der Waals surface area contributed by atoms with E-state index in [9.17, 15) is 9.59 Å². The molecule has 0 spiro atoms. The fraction of sp³-hybridized carbons (Fsp3) is 0.250. The van der Waals surface area contributed by atoms with Crippen molar-refractivity contribution >= 4 is 28.7 Å². The molecule has 2 aromatic heterocycles. The maximum absolute atomic E-state index is 12.5. The second-order valence-corrected chi connectivity index (χ2v) is 8.40. The van der Waals surface area contributed by atoms with Crippen molar-refractivity contribution in [3.05, 3.63) is 64.6 Å². The lowest BCUT2D eigenvalue weighted by molar-refractivity contribution is -0.118. The molecule has 182 valence electrons. The van der Waals surface area contributed by atoms with Crippen molar-refractivity contribution in [1.29, 1.82) is 0 Å². The lowest BCUT2D eigenvalue weighted by Gasteiger charge is -2.10. The normalized spacial score (nSPS) is 10.8. The minimum atomic E-state index is -0.314. The van der Waals surface area contributed by atoms with Crippen LogP contribution in [0.15, 0.2) is 58.6 Å². The Kier molecular flexibility index (Phi) is 7.56. The average molecular weight is 496 g/mol. The number of benzene rings is 2. The van der Waals surface area contributed by atoms with Gasteiger partial charge in [0.05, 0.1) is 39.0 Å². The van der Waals surface area contributed by atoms with E-state index in [2.05, 4.69) is 20.4 Å². The van der Waals surface area contributed by atoms with Gasteiger partial charge < -0.3 is 24.5 Å². The van der Waals surface area contributed by atoms with Crippen LogP contribution < -0.4 is 25.1 Å². The molecule has 4 rings (SSSR count). The van der Waals surface area contributed by atoms with Crippen LogP contribution in [0.5, 0.6) is 17.2 Å². The lowest BCUT2D eigenvalue weighted by atomic mass is 10.1. The van der Waals surface area contributed by atoms with Gasteiger partial charge in [-0.05, 0) is 48.4 Å². The van der Waals surface area contributed by atoms with Crippen LogP contribution in [0.1, 0.15) is 5.56 Å². The fourth-order valence-corrected chi connectivity index (χ4v) is 4.13. The van der Waals surface area contributed by atoms with Gasteiger partial charge in [0.15, 0.2) is 22.3 Å². The van der Waals surface area contributed by atoms with Gasteiger partial charge in [0.2, 0.25) is 5.91 Å². The summed E-state index contributed by atoms with van der Waals surface area (Å²) in [6, 6.07) is 12.9. The summed E-state index contributed by atoms with van der Waals surface area (Å²) < 4.78 is 17.3. The molecule has 4 aromatic rings. The molecule has 1 amide bonds. The minimum absolute atomic E-state index is 0.108. The van der Waals surface area contributed by atoms with Gasteiger partial charge in [-0.1, -0.05) is 17.8 Å². The number of aromatic amines is 1. The van der Waals surface area contributed by atoms with Crippen molar-refractivity contribution < 1.29 is 19.0 Å². The molecular formula is C24H25N5O5S. The molecule has 0 aliphatic heterocycles. The largest absolute Gasteiger partial charge is 0.497 e. The Bertz CT molecular complexity index is 1380. The molecule has 0 fully saturated rings. The molecule has 0 bridgehead atoms. The Labute approximate surface area is 205 Å². The zero-order chi connectivity index (χ0) is 24.8. The Hall–Kier alpha value is -3.99. The zero-order valence-corrected chi connectivity index (χ0v) is 20.3. The summed E-state index contributed by atoms with van der Waals surface area (Å²) in [4.78, 5) is 32.1. The van der Waals surface area contributed by atoms with Gasteiger partial charge in [0, 0.05) is 6.54 Å². The summed E-state index contributed by atoms with van der Waals surface area (Å²) in [5, 5.41) is 7.89. The van der Waals surface area contributed by atoms with Crippen molar-refractivity contribution in [1.82, 2.24) is 25.1 Å². The number of carbonyl (C=O) groups is 1. The summed E-state index contributed by atoms with van der Waals surface area (Å²) in [5.41, 5.74) is 1.85. The van der Waals surface area contributed by atoms with Crippen LogP contribution in [0.2, 0.25) is 0 Å². The standard InChI is InChI=1S/C24H25N5O5S/c1-32-17-7-5-16(6-8-17)29-22-18(13-26-29)23(31)28-24(27-22)35-14-21(30)25-11-10-15-4-9-19(33-2)20(12-15)34-3/h4-9,12-13H,10-11,14H2,1-3H3,(H,25,30)(H,27,28,31). The van der Waals surface area contributed by atoms with E-state index >= 15 is 0 Å². The molecule has 10 nitrogen and oxygen atoms in total. The first-order chi connectivity index (χ1) is 17.0. The zero-order valence-electron chi connectivity index (χ0n) is 19.5. The maximum atomic E-state index is 12.5. The summed E-state index contributed by atoms with van der Waals surface area (Å²) in [7, 11) is 4.76. The summed E-state index contributed by atoms with van der Waals surface area (Å²) >= 11 is 1.15. The third-order valence-corrected chi connectivity index (χ3v) is 6.13. The molecule has 0 aliphatic rings. The van der Waals surface area contributed by atoms with E-state index in [-0.39, 0.29) is 17.2 Å². The number of fused-ring (bicyclic) bond motifs is 1. The van der Waals surface area contributed by atoms with E-state index in [4.69, 9.17) is 14.2 Å². The van der Waals surface area contributed by atoms with Crippen molar-refractivity contribution in [2.45, 2.75) is 11.6 Å². The number of thioether (sulfide) groups is 1. The number of amides is 1. The van der Waals surface area contributed by atoms with E-state index in [1.165, 1.54) is 6.20 Å². The molecular weight excluding hydrogens is 470 g/mol. The van der Waals surface area contributed by atoms with Gasteiger partial charge in [-0.25, -0.2) is 9.67 Å². The van der Waals surface area contributed by atoms with Crippen LogP contribution in [-0.2, 0) is 11.2 Å². The molecule has 2 N–H and O–H groups in total. The SMILES string of the molecule is COc1ccc(-n2ncc3c(=O)[nH]c(SCC(=O)NCCc4ccc(OC)c(OC)c4)nc32)cc1. The third-order valence-electron chi connectivity index (χ3n) is 5.26. The van der Waals surface area contributed by atoms with Crippen molar-refractivity contribution in [2.75, 3.05) is 33.6 Å². The highest BCUT2D eigenvalue weighted by molar-refractivity contribution is 7.99. The number of carbonyl (C=O) groups excluding carboxylic acids is 1. The molecule has 0 saturated heterocycles. The molecule has 35 heavy (non-hydrogen) atoms. The molecule has 0 saturated carbocycles. The Balaban J connectivity index is 1.38. The quantitative estimate of drug-likeness (QED) is 0.254. The number of nitrogens with zero attached hydrogens (tertiary/aromatic N) is 3. The Morgan fingerprint density at radius 2 is 1.83 bits per heavy atom. The van der Waals surface area contributed by atoms with Gasteiger partial charge >= 0.3 is 0 Å². The number of rotatable bonds is 10. The second-order valence-electron chi connectivity index (χ2n) is 7.44. The molecule has 0 aliphatic carbocycles. The highest BCUT2D eigenvalue weighted by Crippen LogP contribution is 2.27. The maximum Gasteiger partial charge on any atom is 0.262 e. The highest BCUT2D eigenvalue weighted by atomic mass is 32.2. The van der Waals surface area contributed by atoms with Crippen molar-refractivity contribution in [2.24, 2.45) is 0 Å². The Morgan fingerprint density at radius 3 is 2.54 bits per heavy atom. The predicted octanol–water partition coefficient (Wildman–Crippen LogP) is 2.59. The number of aromatic nitrogens is 4. The number of ether oxygens (including phenoxy) is 3. The number of hydrogen-bond acceptors (Lipinski definition) is 8. The smallest absolute Gasteiger partial charge is 0.262 e. The van der Waals surface area contributed by atoms with Crippen LogP contribution in [0.25, 0.3) is 16.7 Å². The molecule has 2 aromatic carbocycles. The first-order valence-corrected chi connectivity index (χ1v) is 11.7. The average Bonchev–Trinajstić information content (AvgIpc) is 3.32. The monoisotopic (exact) mass is 495 g/mol. The van der Waals surface area contributed by atoms with Crippen LogP contribution >= 0.6 is 11.8 Å². The van der Waals surface area contributed by atoms with Crippen LogP contribution in [0.3, 0.4) is 0 Å². The van der Waals surface area contributed by atoms with E-state index in [1.807, 2.05) is 30.3 Å². The fourth-order valence-electron chi connectivity index (χ4n) is 3.45. The molecule has 0 radical (unpaired) electrons. The third kappa shape index (κ3) is 5.57. The predicted molar refractivity (Wildman–Crippen MR) is 133 cm³/mol. The number of methoxy groups -OCH3 is 3. The van der Waals surface area contributed by atoms with Crippen molar-refractivity contribution in [3.8, 4) is 22.9 Å². The second kappa shape index (κ2) is 11.0. The number of hydrogen-bond donors (Lipinski definition) is 2. The topological polar surface area (TPSA) is 120 Å². The molecule has 0 atom stereocenters. The van der Waals surface area contributed by atoms with E-state index in [1.54, 1.807) is 38.1 Å². The number of H-pyrrole nitrogens is 1. The number of nitrogens with one attached hydrogen (secondary N) is 2. The van der Waals surface area contributed by atoms with Gasteiger partial charge in [-0.3, -0.25) is 9.59 Å². The lowest BCUT2D eigenvalue weighted by Crippen LogP contribution is -2.27. The molecule has 0 unspecified atom stereocenters. The van der Waals surface area contributed by atoms with Gasteiger partial charge in [-0.15, -0.1) is 0 Å². The summed E-state index contributed by atoms with van der Waals surface area (Å²) in [5.74, 6) is 1.96. The van der Waals surface area contributed by atoms with Gasteiger partial charge in [-0.2, -0.15) is 5.10 Å². The minimum Gasteiger partial charge on any atom is -0.497 e. The van der Waals surface area contributed by atoms with Crippen LogP contribution in [0, 0.1) is 0 Å². The van der Waals surface area contributed by atoms with E-state index < -0.39 is 0 Å². The van der Waals surface area contributed by atoms with E-state index in [0.29, 0.717) is 46.4 Å². The van der Waals surface area contributed by atoms with Crippen LogP contribution in [-0.4, -0.2) is 59.3 Å². The Morgan fingerprint density at radius 1 is 1.06 bits per heavy atom. The first-order valence-electron chi connectivity index (χ1n) is 10.7. The molecule has 11 heteroatoms. The van der Waals surface area contributed by atoms with Crippen LogP contribution in [0.4, 0.5) is 0 Å². The summed E-state index contributed by atoms with van der Waals surface area (Å²) in [6.07, 6.45) is 2.11. The highest BCUT2D eigenvalue weighted by Gasteiger charge is 2.13. The molecule has 2 heterocycles.